The highest BCUT2D eigenvalue weighted by atomic mass is 15.1. The lowest BCUT2D eigenvalue weighted by Gasteiger charge is -2.16. The summed E-state index contributed by atoms with van der Waals surface area (Å²) in [4.78, 5) is 6.97. The largest absolute Gasteiger partial charge is 0.314 e. The molecule has 0 atom stereocenters. The Morgan fingerprint density at radius 3 is 2.71 bits per heavy atom. The van der Waals surface area contributed by atoms with Crippen molar-refractivity contribution >= 4 is 0 Å². The van der Waals surface area contributed by atoms with Crippen molar-refractivity contribution in [3.63, 3.8) is 0 Å². The van der Waals surface area contributed by atoms with Gasteiger partial charge in [-0.3, -0.25) is 4.98 Å². The van der Waals surface area contributed by atoms with Crippen LogP contribution in [0.25, 0.3) is 0 Å². The molecule has 1 heterocycles. The summed E-state index contributed by atoms with van der Waals surface area (Å²) in [6, 6.07) is 6.27. The maximum Gasteiger partial charge on any atom is 0.0547 e. The van der Waals surface area contributed by atoms with Crippen LogP contribution in [0.1, 0.15) is 37.6 Å². The molecule has 0 unspecified atom stereocenters. The Morgan fingerprint density at radius 1 is 1.24 bits per heavy atom. The molecule has 96 valence electrons. The summed E-state index contributed by atoms with van der Waals surface area (Å²) in [7, 11) is 4.12. The standard InChI is InChI=1S/C14H25N3/c1-4-5-6-10-17(3)12-14-9-7-8-13(16-14)11-15-2/h7-9,15H,4-6,10-12H2,1-3H3. The van der Waals surface area contributed by atoms with Gasteiger partial charge in [0.05, 0.1) is 11.4 Å². The Morgan fingerprint density at radius 2 is 2.00 bits per heavy atom. The number of aromatic nitrogens is 1. The first-order valence-corrected chi connectivity index (χ1v) is 6.54. The van der Waals surface area contributed by atoms with Crippen LogP contribution in [-0.4, -0.2) is 30.5 Å². The first kappa shape index (κ1) is 14.1. The number of hydrogen-bond donors (Lipinski definition) is 1. The molecule has 0 bridgehead atoms. The summed E-state index contributed by atoms with van der Waals surface area (Å²) < 4.78 is 0. The topological polar surface area (TPSA) is 28.2 Å². The summed E-state index contributed by atoms with van der Waals surface area (Å²) in [6.07, 6.45) is 3.88. The molecule has 3 heteroatoms. The van der Waals surface area contributed by atoms with E-state index >= 15 is 0 Å². The molecule has 0 aliphatic rings. The quantitative estimate of drug-likeness (QED) is 0.701. The normalized spacial score (nSPS) is 11.1. The Bertz CT molecular complexity index is 312. The summed E-state index contributed by atoms with van der Waals surface area (Å²) in [5.74, 6) is 0. The monoisotopic (exact) mass is 235 g/mol. The van der Waals surface area contributed by atoms with Crippen molar-refractivity contribution in [1.82, 2.24) is 15.2 Å². The Kier molecular flexibility index (Phi) is 6.82. The van der Waals surface area contributed by atoms with Gasteiger partial charge in [-0.15, -0.1) is 0 Å². The van der Waals surface area contributed by atoms with Gasteiger partial charge in [-0.1, -0.05) is 25.8 Å². The lowest BCUT2D eigenvalue weighted by molar-refractivity contribution is 0.314. The zero-order valence-corrected chi connectivity index (χ0v) is 11.4. The van der Waals surface area contributed by atoms with Crippen LogP contribution in [0.2, 0.25) is 0 Å². The molecule has 17 heavy (non-hydrogen) atoms. The van der Waals surface area contributed by atoms with E-state index in [2.05, 4.69) is 47.4 Å². The van der Waals surface area contributed by atoms with E-state index < -0.39 is 0 Å². The van der Waals surface area contributed by atoms with Crippen LogP contribution in [0.15, 0.2) is 18.2 Å². The molecule has 0 saturated heterocycles. The van der Waals surface area contributed by atoms with Crippen LogP contribution in [-0.2, 0) is 13.1 Å². The molecule has 0 spiro atoms. The predicted molar refractivity (Wildman–Crippen MR) is 72.9 cm³/mol. The average Bonchev–Trinajstić information content (AvgIpc) is 2.30. The van der Waals surface area contributed by atoms with Crippen LogP contribution in [0.4, 0.5) is 0 Å². The van der Waals surface area contributed by atoms with E-state index in [1.807, 2.05) is 7.05 Å². The van der Waals surface area contributed by atoms with Crippen molar-refractivity contribution in [3.05, 3.63) is 29.6 Å². The lowest BCUT2D eigenvalue weighted by atomic mass is 10.2. The van der Waals surface area contributed by atoms with Crippen LogP contribution < -0.4 is 5.32 Å². The number of pyridine rings is 1. The van der Waals surface area contributed by atoms with Crippen LogP contribution in [0.3, 0.4) is 0 Å². The summed E-state index contributed by atoms with van der Waals surface area (Å²) in [6.45, 7) is 5.18. The number of nitrogens with zero attached hydrogens (tertiary/aromatic N) is 2. The molecule has 1 aromatic rings. The molecule has 1 rings (SSSR count). The second kappa shape index (κ2) is 8.20. The number of hydrogen-bond acceptors (Lipinski definition) is 3. The molecular weight excluding hydrogens is 210 g/mol. The van der Waals surface area contributed by atoms with Crippen molar-refractivity contribution in [3.8, 4) is 0 Å². The van der Waals surface area contributed by atoms with Crippen molar-refractivity contribution in [1.29, 1.82) is 0 Å². The summed E-state index contributed by atoms with van der Waals surface area (Å²) >= 11 is 0. The van der Waals surface area contributed by atoms with Gasteiger partial charge in [-0.25, -0.2) is 0 Å². The zero-order valence-electron chi connectivity index (χ0n) is 11.4. The van der Waals surface area contributed by atoms with Crippen LogP contribution >= 0.6 is 0 Å². The molecule has 0 fully saturated rings. The molecule has 0 aromatic carbocycles. The predicted octanol–water partition coefficient (Wildman–Crippen LogP) is 2.42. The molecule has 0 aliphatic heterocycles. The van der Waals surface area contributed by atoms with Crippen molar-refractivity contribution in [2.24, 2.45) is 0 Å². The van der Waals surface area contributed by atoms with E-state index in [9.17, 15) is 0 Å². The van der Waals surface area contributed by atoms with E-state index in [0.29, 0.717) is 0 Å². The SMILES string of the molecule is CCCCCN(C)Cc1cccc(CNC)n1. The second-order valence-corrected chi connectivity index (χ2v) is 4.60. The van der Waals surface area contributed by atoms with Gasteiger partial charge >= 0.3 is 0 Å². The van der Waals surface area contributed by atoms with E-state index in [0.717, 1.165) is 31.0 Å². The third-order valence-corrected chi connectivity index (χ3v) is 2.80. The van der Waals surface area contributed by atoms with Gasteiger partial charge in [0.2, 0.25) is 0 Å². The number of rotatable bonds is 8. The summed E-state index contributed by atoms with van der Waals surface area (Å²) in [5.41, 5.74) is 2.28. The summed E-state index contributed by atoms with van der Waals surface area (Å²) in [5, 5.41) is 3.13. The maximum absolute atomic E-state index is 4.63. The fourth-order valence-electron chi connectivity index (χ4n) is 1.88. The van der Waals surface area contributed by atoms with Crippen molar-refractivity contribution < 1.29 is 0 Å². The number of unbranched alkanes of at least 4 members (excludes halogenated alkanes) is 2. The van der Waals surface area contributed by atoms with E-state index in [1.54, 1.807) is 0 Å². The van der Waals surface area contributed by atoms with Crippen molar-refractivity contribution in [2.45, 2.75) is 39.3 Å². The van der Waals surface area contributed by atoms with Gasteiger partial charge in [-0.2, -0.15) is 0 Å². The molecule has 1 N–H and O–H groups in total. The smallest absolute Gasteiger partial charge is 0.0547 e. The molecule has 1 aromatic heterocycles. The van der Waals surface area contributed by atoms with Gasteiger partial charge in [0.25, 0.3) is 0 Å². The minimum Gasteiger partial charge on any atom is -0.314 e. The fourth-order valence-corrected chi connectivity index (χ4v) is 1.88. The van der Waals surface area contributed by atoms with Crippen LogP contribution in [0.5, 0.6) is 0 Å². The minimum absolute atomic E-state index is 0.841. The minimum atomic E-state index is 0.841. The van der Waals surface area contributed by atoms with Crippen molar-refractivity contribution in [2.75, 3.05) is 20.6 Å². The highest BCUT2D eigenvalue weighted by Crippen LogP contribution is 2.04. The van der Waals surface area contributed by atoms with Gasteiger partial charge in [0.1, 0.15) is 0 Å². The third kappa shape index (κ3) is 5.80. The van der Waals surface area contributed by atoms with Gasteiger partial charge < -0.3 is 10.2 Å². The molecule has 3 nitrogen and oxygen atoms in total. The maximum atomic E-state index is 4.63. The molecular formula is C14H25N3. The number of nitrogens with one attached hydrogen (secondary N) is 1. The van der Waals surface area contributed by atoms with E-state index in [-0.39, 0.29) is 0 Å². The highest BCUT2D eigenvalue weighted by Gasteiger charge is 2.02. The Balaban J connectivity index is 2.41. The Labute approximate surface area is 105 Å². The fraction of sp³-hybridized carbons (Fsp3) is 0.643. The highest BCUT2D eigenvalue weighted by molar-refractivity contribution is 5.11. The lowest BCUT2D eigenvalue weighted by Crippen LogP contribution is -2.20. The molecule has 0 amide bonds. The van der Waals surface area contributed by atoms with Gasteiger partial charge in [0, 0.05) is 13.1 Å². The van der Waals surface area contributed by atoms with Gasteiger partial charge in [-0.05, 0) is 39.2 Å². The average molecular weight is 235 g/mol. The Hall–Kier alpha value is -0.930. The van der Waals surface area contributed by atoms with E-state index in [1.165, 1.54) is 19.3 Å². The second-order valence-electron chi connectivity index (χ2n) is 4.60. The molecule has 0 aliphatic carbocycles. The zero-order chi connectivity index (χ0) is 12.5. The first-order chi connectivity index (χ1) is 8.26. The molecule has 0 radical (unpaired) electrons. The third-order valence-electron chi connectivity index (χ3n) is 2.80. The van der Waals surface area contributed by atoms with Gasteiger partial charge in [0.15, 0.2) is 0 Å². The van der Waals surface area contributed by atoms with E-state index in [4.69, 9.17) is 0 Å². The van der Waals surface area contributed by atoms with Crippen LogP contribution in [0, 0.1) is 0 Å². The molecule has 0 saturated carbocycles. The first-order valence-electron chi connectivity index (χ1n) is 6.54.